The zero-order chi connectivity index (χ0) is 16.4. The van der Waals surface area contributed by atoms with Crippen LogP contribution in [0.1, 0.15) is 43.7 Å². The van der Waals surface area contributed by atoms with Gasteiger partial charge in [0.2, 0.25) is 10.0 Å². The van der Waals surface area contributed by atoms with E-state index in [1.54, 1.807) is 16.4 Å². The average molecular weight is 338 g/mol. The Kier molecular flexibility index (Phi) is 5.06. The summed E-state index contributed by atoms with van der Waals surface area (Å²) in [4.78, 5) is 5.58. The second-order valence-corrected chi connectivity index (χ2v) is 8.80. The van der Waals surface area contributed by atoms with Gasteiger partial charge in [-0.3, -0.25) is 4.84 Å². The monoisotopic (exact) mass is 338 g/mol. The minimum Gasteiger partial charge on any atom is -0.297 e. The first-order valence-corrected chi connectivity index (χ1v) is 9.89. The number of rotatable bonds is 4. The number of hydroxylamine groups is 2. The third-order valence-electron chi connectivity index (χ3n) is 5.20. The molecule has 0 amide bonds. The largest absolute Gasteiger partial charge is 0.297 e. The summed E-state index contributed by atoms with van der Waals surface area (Å²) in [6.07, 6.45) is 5.39. The first kappa shape index (κ1) is 16.9. The van der Waals surface area contributed by atoms with Gasteiger partial charge in [-0.05, 0) is 18.4 Å². The fraction of sp³-hybridized carbons (Fsp3) is 0.647. The summed E-state index contributed by atoms with van der Waals surface area (Å²) in [6, 6.07) is 9.64. The lowest BCUT2D eigenvalue weighted by Gasteiger charge is -2.33. The molecule has 1 aromatic rings. The van der Waals surface area contributed by atoms with Gasteiger partial charge in [0.1, 0.15) is 5.25 Å². The van der Waals surface area contributed by atoms with Gasteiger partial charge < -0.3 is 0 Å². The molecule has 1 aliphatic heterocycles. The molecule has 2 fully saturated rings. The van der Waals surface area contributed by atoms with Gasteiger partial charge >= 0.3 is 0 Å². The van der Waals surface area contributed by atoms with E-state index in [1.807, 2.05) is 37.4 Å². The molecule has 0 N–H and O–H groups in total. The summed E-state index contributed by atoms with van der Waals surface area (Å²) in [5.41, 5.74) is 0.984. The van der Waals surface area contributed by atoms with Crippen molar-refractivity contribution in [2.24, 2.45) is 0 Å². The van der Waals surface area contributed by atoms with Crippen molar-refractivity contribution in [1.82, 2.24) is 9.37 Å². The Hall–Kier alpha value is -0.950. The predicted molar refractivity (Wildman–Crippen MR) is 90.2 cm³/mol. The van der Waals surface area contributed by atoms with Crippen molar-refractivity contribution in [3.63, 3.8) is 0 Å². The number of hydrogen-bond donors (Lipinski definition) is 0. The molecule has 0 radical (unpaired) electrons. The molecule has 1 saturated carbocycles. The van der Waals surface area contributed by atoms with E-state index < -0.39 is 15.3 Å². The first-order chi connectivity index (χ1) is 11.0. The van der Waals surface area contributed by atoms with Crippen LogP contribution >= 0.6 is 0 Å². The van der Waals surface area contributed by atoms with Gasteiger partial charge in [-0.15, -0.1) is 0 Å². The van der Waals surface area contributed by atoms with Crippen molar-refractivity contribution in [3.05, 3.63) is 35.9 Å². The van der Waals surface area contributed by atoms with E-state index in [1.165, 1.54) is 6.42 Å². The molecular weight excluding hydrogens is 312 g/mol. The van der Waals surface area contributed by atoms with Crippen molar-refractivity contribution in [3.8, 4) is 0 Å². The normalized spacial score (nSPS) is 27.6. The maximum Gasteiger partial charge on any atom is 0.221 e. The third kappa shape index (κ3) is 3.31. The second-order valence-electron chi connectivity index (χ2n) is 6.59. The van der Waals surface area contributed by atoms with Gasteiger partial charge in [0.25, 0.3) is 0 Å². The molecular formula is C17H26N2O3S. The summed E-state index contributed by atoms with van der Waals surface area (Å²) in [6.45, 7) is 0.218. The van der Waals surface area contributed by atoms with Crippen LogP contribution in [-0.2, 0) is 14.9 Å². The highest BCUT2D eigenvalue weighted by molar-refractivity contribution is 7.89. The third-order valence-corrected chi connectivity index (χ3v) is 7.46. The molecule has 1 saturated heterocycles. The highest BCUT2D eigenvalue weighted by Crippen LogP contribution is 2.36. The van der Waals surface area contributed by atoms with E-state index in [0.717, 1.165) is 31.2 Å². The lowest BCUT2D eigenvalue weighted by Crippen LogP contribution is -2.45. The Balaban J connectivity index is 1.85. The van der Waals surface area contributed by atoms with Crippen LogP contribution in [0, 0.1) is 0 Å². The van der Waals surface area contributed by atoms with Crippen LogP contribution in [-0.4, -0.2) is 49.8 Å². The van der Waals surface area contributed by atoms with E-state index in [4.69, 9.17) is 4.84 Å². The Morgan fingerprint density at radius 2 is 1.78 bits per heavy atom. The smallest absolute Gasteiger partial charge is 0.221 e. The van der Waals surface area contributed by atoms with Gasteiger partial charge in [0.15, 0.2) is 0 Å². The van der Waals surface area contributed by atoms with Crippen LogP contribution in [0.4, 0.5) is 0 Å². The average Bonchev–Trinajstić information content (AvgIpc) is 2.98. The first-order valence-electron chi connectivity index (χ1n) is 8.39. The van der Waals surface area contributed by atoms with Crippen molar-refractivity contribution in [2.75, 3.05) is 20.7 Å². The summed E-state index contributed by atoms with van der Waals surface area (Å²) in [7, 11) is 0.153. The zero-order valence-corrected chi connectivity index (χ0v) is 14.7. The number of hydrogen-bond acceptors (Lipinski definition) is 4. The molecule has 1 heterocycles. The molecule has 2 atom stereocenters. The molecule has 5 nitrogen and oxygen atoms in total. The lowest BCUT2D eigenvalue weighted by molar-refractivity contribution is -0.110. The fourth-order valence-corrected chi connectivity index (χ4v) is 5.73. The van der Waals surface area contributed by atoms with Crippen LogP contribution in [0.15, 0.2) is 30.3 Å². The van der Waals surface area contributed by atoms with Crippen LogP contribution in [0.3, 0.4) is 0 Å². The molecule has 2 aliphatic rings. The van der Waals surface area contributed by atoms with Gasteiger partial charge in [-0.1, -0.05) is 49.6 Å². The van der Waals surface area contributed by atoms with E-state index in [2.05, 4.69) is 0 Å². The van der Waals surface area contributed by atoms with Gasteiger partial charge in [0, 0.05) is 20.1 Å². The van der Waals surface area contributed by atoms with Crippen molar-refractivity contribution < 1.29 is 13.3 Å². The van der Waals surface area contributed by atoms with Crippen molar-refractivity contribution in [1.29, 1.82) is 0 Å². The lowest BCUT2D eigenvalue weighted by atomic mass is 9.96. The number of benzene rings is 1. The van der Waals surface area contributed by atoms with E-state index in [-0.39, 0.29) is 18.7 Å². The minimum atomic E-state index is -3.40. The Morgan fingerprint density at radius 3 is 2.43 bits per heavy atom. The molecule has 0 bridgehead atoms. The summed E-state index contributed by atoms with van der Waals surface area (Å²) < 4.78 is 28.0. The number of sulfonamides is 1. The zero-order valence-electron chi connectivity index (χ0n) is 13.9. The van der Waals surface area contributed by atoms with Crippen LogP contribution in [0.25, 0.3) is 0 Å². The molecule has 0 aromatic heterocycles. The van der Waals surface area contributed by atoms with E-state index in [0.29, 0.717) is 0 Å². The molecule has 1 aliphatic carbocycles. The molecule has 6 heteroatoms. The SMILES string of the molecule is CN1OCC(S(=O)(=O)N(C)C2CCCCC2)C1c1ccccc1. The Morgan fingerprint density at radius 1 is 1.13 bits per heavy atom. The van der Waals surface area contributed by atoms with Crippen LogP contribution in [0.2, 0.25) is 0 Å². The minimum absolute atomic E-state index is 0.135. The highest BCUT2D eigenvalue weighted by atomic mass is 32.2. The topological polar surface area (TPSA) is 49.9 Å². The summed E-state index contributed by atoms with van der Waals surface area (Å²) in [5, 5.41) is 1.13. The van der Waals surface area contributed by atoms with Crippen LogP contribution < -0.4 is 0 Å². The highest BCUT2D eigenvalue weighted by Gasteiger charge is 2.46. The molecule has 128 valence electrons. The molecule has 23 heavy (non-hydrogen) atoms. The van der Waals surface area contributed by atoms with E-state index >= 15 is 0 Å². The van der Waals surface area contributed by atoms with Crippen LogP contribution in [0.5, 0.6) is 0 Å². The van der Waals surface area contributed by atoms with E-state index in [9.17, 15) is 8.42 Å². The van der Waals surface area contributed by atoms with Gasteiger partial charge in [-0.25, -0.2) is 12.7 Å². The molecule has 1 aromatic carbocycles. The summed E-state index contributed by atoms with van der Waals surface area (Å²) >= 11 is 0. The number of nitrogens with zero attached hydrogens (tertiary/aromatic N) is 2. The Labute approximate surface area is 139 Å². The van der Waals surface area contributed by atoms with Crippen molar-refractivity contribution >= 4 is 10.0 Å². The quantitative estimate of drug-likeness (QED) is 0.847. The maximum absolute atomic E-state index is 13.2. The molecule has 0 spiro atoms. The molecule has 3 rings (SSSR count). The maximum atomic E-state index is 13.2. The molecule has 2 unspecified atom stereocenters. The van der Waals surface area contributed by atoms with Gasteiger partial charge in [0.05, 0.1) is 12.6 Å². The predicted octanol–water partition coefficient (Wildman–Crippen LogP) is 2.57. The summed E-state index contributed by atoms with van der Waals surface area (Å²) in [5.74, 6) is 0. The second kappa shape index (κ2) is 6.89. The fourth-order valence-electron chi connectivity index (χ4n) is 3.79. The van der Waals surface area contributed by atoms with Crippen molar-refractivity contribution in [2.45, 2.75) is 49.4 Å². The standard InChI is InChI=1S/C17H26N2O3S/c1-18-17(14-9-5-3-6-10-14)16(13-22-18)23(20,21)19(2)15-11-7-4-8-12-15/h3,5-6,9-10,15-17H,4,7-8,11-13H2,1-2H3. The Bertz CT molecular complexity index is 614. The van der Waals surface area contributed by atoms with Gasteiger partial charge in [-0.2, -0.15) is 5.06 Å².